The molecule has 3 N–H and O–H groups in total. The van der Waals surface area contributed by atoms with E-state index in [0.717, 1.165) is 4.88 Å². The highest BCUT2D eigenvalue weighted by molar-refractivity contribution is 7.93. The summed E-state index contributed by atoms with van der Waals surface area (Å²) in [6.07, 6.45) is 0.666. The van der Waals surface area contributed by atoms with Crippen molar-refractivity contribution in [3.63, 3.8) is 0 Å². The van der Waals surface area contributed by atoms with E-state index in [1.165, 1.54) is 29.5 Å². The van der Waals surface area contributed by atoms with E-state index in [2.05, 4.69) is 4.72 Å². The van der Waals surface area contributed by atoms with E-state index in [1.807, 2.05) is 6.92 Å². The summed E-state index contributed by atoms with van der Waals surface area (Å²) in [6, 6.07) is 5.54. The number of carbonyl (C=O) groups excluding carboxylic acids is 1. The fourth-order valence-corrected chi connectivity index (χ4v) is 4.40. The molecule has 1 aromatic carbocycles. The van der Waals surface area contributed by atoms with Gasteiger partial charge in [-0.05, 0) is 30.7 Å². The first-order valence-corrected chi connectivity index (χ1v) is 9.20. The number of primary amides is 1. The van der Waals surface area contributed by atoms with Crippen LogP contribution in [-0.2, 0) is 16.4 Å². The van der Waals surface area contributed by atoms with Gasteiger partial charge in [0.25, 0.3) is 15.9 Å². The van der Waals surface area contributed by atoms with Crippen LogP contribution in [0.15, 0.2) is 29.2 Å². The molecular formula is C13H12Cl2N2O3S2. The zero-order valence-corrected chi connectivity index (χ0v) is 14.5. The maximum absolute atomic E-state index is 12.4. The second-order valence-electron chi connectivity index (χ2n) is 4.35. The number of rotatable bonds is 5. The van der Waals surface area contributed by atoms with Crippen LogP contribution in [0.25, 0.3) is 0 Å². The minimum Gasteiger partial charge on any atom is -0.366 e. The maximum Gasteiger partial charge on any atom is 0.262 e. The Kier molecular flexibility index (Phi) is 5.01. The number of nitrogens with one attached hydrogen (secondary N) is 1. The lowest BCUT2D eigenvalue weighted by Gasteiger charge is -2.08. The van der Waals surface area contributed by atoms with Crippen LogP contribution in [0.3, 0.4) is 0 Å². The van der Waals surface area contributed by atoms with Gasteiger partial charge in [-0.3, -0.25) is 9.52 Å². The number of benzene rings is 1. The Morgan fingerprint density at radius 3 is 2.50 bits per heavy atom. The zero-order chi connectivity index (χ0) is 16.5. The molecular weight excluding hydrogens is 367 g/mol. The largest absolute Gasteiger partial charge is 0.366 e. The van der Waals surface area contributed by atoms with Gasteiger partial charge in [-0.2, -0.15) is 0 Å². The predicted octanol–water partition coefficient (Wildman–Crippen LogP) is 3.52. The molecule has 0 aliphatic rings. The van der Waals surface area contributed by atoms with E-state index in [9.17, 15) is 13.2 Å². The van der Waals surface area contributed by atoms with Crippen molar-refractivity contribution in [1.82, 2.24) is 0 Å². The van der Waals surface area contributed by atoms with Crippen molar-refractivity contribution >= 4 is 55.5 Å². The van der Waals surface area contributed by atoms with E-state index in [1.54, 1.807) is 6.07 Å². The molecule has 9 heteroatoms. The Hall–Kier alpha value is -1.28. The van der Waals surface area contributed by atoms with Gasteiger partial charge in [-0.15, -0.1) is 11.3 Å². The highest BCUT2D eigenvalue weighted by atomic mass is 35.5. The van der Waals surface area contributed by atoms with E-state index >= 15 is 0 Å². The van der Waals surface area contributed by atoms with Crippen LogP contribution in [0.5, 0.6) is 0 Å². The molecule has 0 aliphatic carbocycles. The number of sulfonamides is 1. The number of amides is 1. The number of nitrogens with two attached hydrogens (primary N) is 1. The van der Waals surface area contributed by atoms with Gasteiger partial charge in [-0.1, -0.05) is 30.1 Å². The Morgan fingerprint density at radius 2 is 1.95 bits per heavy atom. The Balaban J connectivity index is 2.42. The van der Waals surface area contributed by atoms with Crippen LogP contribution >= 0.6 is 34.5 Å². The second-order valence-corrected chi connectivity index (χ2v) is 7.99. The topological polar surface area (TPSA) is 89.3 Å². The average molecular weight is 379 g/mol. The number of aryl methyl sites for hydroxylation is 1. The average Bonchev–Trinajstić information content (AvgIpc) is 2.84. The van der Waals surface area contributed by atoms with Gasteiger partial charge in [-0.25, -0.2) is 8.42 Å². The Bertz CT molecular complexity index is 832. The van der Waals surface area contributed by atoms with E-state index in [-0.39, 0.29) is 25.5 Å². The molecule has 0 saturated carbocycles. The minimum absolute atomic E-state index is 0.0521. The van der Waals surface area contributed by atoms with Gasteiger partial charge < -0.3 is 5.73 Å². The first kappa shape index (κ1) is 17.1. The van der Waals surface area contributed by atoms with Crippen molar-refractivity contribution < 1.29 is 13.2 Å². The molecule has 0 radical (unpaired) electrons. The zero-order valence-electron chi connectivity index (χ0n) is 11.4. The highest BCUT2D eigenvalue weighted by Crippen LogP contribution is 2.31. The molecule has 0 unspecified atom stereocenters. The van der Waals surface area contributed by atoms with Crippen molar-refractivity contribution in [1.29, 1.82) is 0 Å². The van der Waals surface area contributed by atoms with E-state index in [4.69, 9.17) is 28.9 Å². The van der Waals surface area contributed by atoms with Crippen molar-refractivity contribution in [2.75, 3.05) is 4.72 Å². The lowest BCUT2D eigenvalue weighted by Crippen LogP contribution is -2.17. The van der Waals surface area contributed by atoms with Crippen molar-refractivity contribution in [2.45, 2.75) is 18.2 Å². The summed E-state index contributed by atoms with van der Waals surface area (Å²) in [7, 11) is -3.89. The molecule has 0 aliphatic heterocycles. The van der Waals surface area contributed by atoms with Crippen LogP contribution in [0.4, 0.5) is 5.00 Å². The molecule has 2 aromatic rings. The molecule has 22 heavy (non-hydrogen) atoms. The number of carbonyl (C=O) groups is 1. The molecule has 0 saturated heterocycles. The van der Waals surface area contributed by atoms with Crippen molar-refractivity contribution in [3.8, 4) is 0 Å². The van der Waals surface area contributed by atoms with Crippen LogP contribution in [0, 0.1) is 0 Å². The lowest BCUT2D eigenvalue weighted by molar-refractivity contribution is 0.100. The fraction of sp³-hybridized carbons (Fsp3) is 0.154. The molecule has 5 nitrogen and oxygen atoms in total. The van der Waals surface area contributed by atoms with Crippen LogP contribution < -0.4 is 10.5 Å². The first-order chi connectivity index (χ1) is 10.2. The molecule has 2 rings (SSSR count). The number of hydrogen-bond acceptors (Lipinski definition) is 4. The molecule has 0 spiro atoms. The Labute approximate surface area is 142 Å². The van der Waals surface area contributed by atoms with Crippen LogP contribution in [0.2, 0.25) is 10.0 Å². The molecule has 1 amide bonds. The fourth-order valence-electron chi connectivity index (χ4n) is 1.70. The first-order valence-electron chi connectivity index (χ1n) is 6.15. The van der Waals surface area contributed by atoms with Gasteiger partial charge in [0.15, 0.2) is 0 Å². The normalized spacial score (nSPS) is 11.4. The summed E-state index contributed by atoms with van der Waals surface area (Å²) in [5.41, 5.74) is 5.42. The SMILES string of the molecule is CCc1cc(C(N)=O)c(NS(=O)(=O)c2ccc(Cl)c(Cl)c2)s1. The van der Waals surface area contributed by atoms with Gasteiger partial charge in [0.1, 0.15) is 5.00 Å². The predicted molar refractivity (Wildman–Crippen MR) is 89.5 cm³/mol. The lowest BCUT2D eigenvalue weighted by atomic mass is 10.2. The summed E-state index contributed by atoms with van der Waals surface area (Å²) in [5.74, 6) is -0.692. The summed E-state index contributed by atoms with van der Waals surface area (Å²) >= 11 is 12.8. The summed E-state index contributed by atoms with van der Waals surface area (Å²) < 4.78 is 27.1. The van der Waals surface area contributed by atoms with Crippen molar-refractivity contribution in [3.05, 3.63) is 44.8 Å². The quantitative estimate of drug-likeness (QED) is 0.833. The monoisotopic (exact) mass is 378 g/mol. The van der Waals surface area contributed by atoms with Gasteiger partial charge >= 0.3 is 0 Å². The van der Waals surface area contributed by atoms with Gasteiger partial charge in [0.2, 0.25) is 0 Å². The molecule has 118 valence electrons. The van der Waals surface area contributed by atoms with E-state index in [0.29, 0.717) is 6.42 Å². The second kappa shape index (κ2) is 6.45. The smallest absolute Gasteiger partial charge is 0.262 e. The maximum atomic E-state index is 12.4. The highest BCUT2D eigenvalue weighted by Gasteiger charge is 2.21. The summed E-state index contributed by atoms with van der Waals surface area (Å²) in [5, 5.41) is 0.568. The van der Waals surface area contributed by atoms with Crippen LogP contribution in [-0.4, -0.2) is 14.3 Å². The third-order valence-electron chi connectivity index (χ3n) is 2.83. The molecule has 1 aromatic heterocycles. The standard InChI is InChI=1S/C13H12Cl2N2O3S2/c1-2-7-5-9(12(16)18)13(21-7)17-22(19,20)8-3-4-10(14)11(15)6-8/h3-6,17H,2H2,1H3,(H2,16,18). The third kappa shape index (κ3) is 3.55. The number of hydrogen-bond donors (Lipinski definition) is 2. The molecule has 0 fully saturated rings. The number of anilines is 1. The minimum atomic E-state index is -3.89. The number of halogens is 2. The third-order valence-corrected chi connectivity index (χ3v) is 6.24. The molecule has 0 atom stereocenters. The summed E-state index contributed by atoms with van der Waals surface area (Å²) in [4.78, 5) is 12.2. The number of thiophene rings is 1. The van der Waals surface area contributed by atoms with Crippen LogP contribution in [0.1, 0.15) is 22.2 Å². The summed E-state index contributed by atoms with van der Waals surface area (Å²) in [6.45, 7) is 1.90. The molecule has 1 heterocycles. The van der Waals surface area contributed by atoms with Crippen molar-refractivity contribution in [2.24, 2.45) is 5.73 Å². The van der Waals surface area contributed by atoms with Gasteiger partial charge in [0, 0.05) is 4.88 Å². The molecule has 0 bridgehead atoms. The van der Waals surface area contributed by atoms with E-state index < -0.39 is 15.9 Å². The van der Waals surface area contributed by atoms with Gasteiger partial charge in [0.05, 0.1) is 20.5 Å². The Morgan fingerprint density at radius 1 is 1.27 bits per heavy atom.